The van der Waals surface area contributed by atoms with Crippen LogP contribution in [0.2, 0.25) is 0 Å². The molecule has 0 aliphatic heterocycles. The van der Waals surface area contributed by atoms with Crippen molar-refractivity contribution in [3.05, 3.63) is 76.4 Å². The molecule has 0 aromatic heterocycles. The maximum absolute atomic E-state index is 12.5. The average molecular weight is 290 g/mol. The Morgan fingerprint density at radius 2 is 1.27 bits per heavy atom. The van der Waals surface area contributed by atoms with Gasteiger partial charge in [-0.3, -0.25) is 9.59 Å². The molecule has 0 bridgehead atoms. The fourth-order valence-electron chi connectivity index (χ4n) is 2.86. The van der Waals surface area contributed by atoms with Gasteiger partial charge in [0.1, 0.15) is 0 Å². The number of hydrogen-bond acceptors (Lipinski definition) is 2. The Morgan fingerprint density at radius 3 is 1.82 bits per heavy atom. The van der Waals surface area contributed by atoms with Crippen molar-refractivity contribution >= 4 is 17.6 Å². The quantitative estimate of drug-likeness (QED) is 0.574. The molecule has 0 atom stereocenters. The SMILES string of the molecule is CC(C)(C)c1ccccc1C=C1C(=O)c2ccccc2C1=O. The van der Waals surface area contributed by atoms with Crippen molar-refractivity contribution in [3.63, 3.8) is 0 Å². The van der Waals surface area contributed by atoms with Crippen LogP contribution < -0.4 is 0 Å². The van der Waals surface area contributed by atoms with Crippen LogP contribution in [0.3, 0.4) is 0 Å². The summed E-state index contributed by atoms with van der Waals surface area (Å²) < 4.78 is 0. The van der Waals surface area contributed by atoms with Gasteiger partial charge in [0.05, 0.1) is 5.57 Å². The summed E-state index contributed by atoms with van der Waals surface area (Å²) in [5.41, 5.74) is 3.28. The smallest absolute Gasteiger partial charge is 0.197 e. The highest BCUT2D eigenvalue weighted by Crippen LogP contribution is 2.31. The molecule has 0 radical (unpaired) electrons. The molecule has 0 amide bonds. The van der Waals surface area contributed by atoms with Crippen molar-refractivity contribution in [2.24, 2.45) is 0 Å². The van der Waals surface area contributed by atoms with Crippen LogP contribution in [0, 0.1) is 0 Å². The van der Waals surface area contributed by atoms with E-state index in [1.807, 2.05) is 24.3 Å². The van der Waals surface area contributed by atoms with Crippen molar-refractivity contribution in [2.45, 2.75) is 26.2 Å². The first-order valence-electron chi connectivity index (χ1n) is 7.39. The molecular weight excluding hydrogens is 272 g/mol. The molecular formula is C20H18O2. The third-order valence-corrected chi connectivity index (χ3v) is 3.97. The fraction of sp³-hybridized carbons (Fsp3) is 0.200. The maximum atomic E-state index is 12.5. The van der Waals surface area contributed by atoms with Gasteiger partial charge in [0.25, 0.3) is 0 Å². The van der Waals surface area contributed by atoms with Gasteiger partial charge in [-0.15, -0.1) is 0 Å². The second kappa shape index (κ2) is 5.06. The van der Waals surface area contributed by atoms with Crippen LogP contribution in [0.15, 0.2) is 54.1 Å². The summed E-state index contributed by atoms with van der Waals surface area (Å²) >= 11 is 0. The molecule has 3 rings (SSSR count). The molecule has 2 aromatic carbocycles. The summed E-state index contributed by atoms with van der Waals surface area (Å²) in [5.74, 6) is -0.353. The molecule has 0 heterocycles. The Labute approximate surface area is 130 Å². The number of fused-ring (bicyclic) bond motifs is 1. The second-order valence-corrected chi connectivity index (χ2v) is 6.60. The summed E-state index contributed by atoms with van der Waals surface area (Å²) in [4.78, 5) is 25.0. The van der Waals surface area contributed by atoms with Crippen molar-refractivity contribution in [3.8, 4) is 0 Å². The number of ketones is 2. The lowest BCUT2D eigenvalue weighted by molar-refractivity contribution is 0.0990. The summed E-state index contributed by atoms with van der Waals surface area (Å²) in [5, 5.41) is 0. The van der Waals surface area contributed by atoms with E-state index in [1.54, 1.807) is 30.3 Å². The zero-order valence-electron chi connectivity index (χ0n) is 13.0. The predicted octanol–water partition coefficient (Wildman–Crippen LogP) is 4.45. The van der Waals surface area contributed by atoms with Gasteiger partial charge in [0.2, 0.25) is 0 Å². The van der Waals surface area contributed by atoms with Crippen molar-refractivity contribution in [1.29, 1.82) is 0 Å². The van der Waals surface area contributed by atoms with Crippen molar-refractivity contribution in [2.75, 3.05) is 0 Å². The molecule has 110 valence electrons. The number of benzene rings is 2. The standard InChI is InChI=1S/C20H18O2/c1-20(2,3)17-11-7-4-8-13(17)12-16-18(21)14-9-5-6-10-15(14)19(16)22/h4-12H,1-3H3. The lowest BCUT2D eigenvalue weighted by Gasteiger charge is -2.21. The van der Waals surface area contributed by atoms with E-state index in [2.05, 4.69) is 20.8 Å². The van der Waals surface area contributed by atoms with Gasteiger partial charge < -0.3 is 0 Å². The molecule has 2 aromatic rings. The Kier molecular flexibility index (Phi) is 3.32. The van der Waals surface area contributed by atoms with E-state index in [1.165, 1.54) is 0 Å². The summed E-state index contributed by atoms with van der Waals surface area (Å²) in [6.45, 7) is 6.37. The Bertz CT molecular complexity index is 767. The maximum Gasteiger partial charge on any atom is 0.197 e. The van der Waals surface area contributed by atoms with E-state index in [-0.39, 0.29) is 22.6 Å². The average Bonchev–Trinajstić information content (AvgIpc) is 2.72. The number of carbonyl (C=O) groups is 2. The number of Topliss-reactive ketones (excluding diaryl/α,β-unsaturated/α-hetero) is 2. The third-order valence-electron chi connectivity index (χ3n) is 3.97. The highest BCUT2D eigenvalue weighted by Gasteiger charge is 2.32. The van der Waals surface area contributed by atoms with Gasteiger partial charge in [0.15, 0.2) is 11.6 Å². The Morgan fingerprint density at radius 1 is 0.773 bits per heavy atom. The zero-order chi connectivity index (χ0) is 15.9. The minimum absolute atomic E-state index is 0.0504. The van der Waals surface area contributed by atoms with E-state index in [9.17, 15) is 9.59 Å². The van der Waals surface area contributed by atoms with Crippen LogP contribution in [0.1, 0.15) is 52.6 Å². The normalized spacial score (nSPS) is 14.2. The van der Waals surface area contributed by atoms with Crippen LogP contribution in [0.4, 0.5) is 0 Å². The molecule has 2 nitrogen and oxygen atoms in total. The first-order chi connectivity index (χ1) is 10.4. The highest BCUT2D eigenvalue weighted by atomic mass is 16.2. The highest BCUT2D eigenvalue weighted by molar-refractivity contribution is 6.41. The van der Waals surface area contributed by atoms with Gasteiger partial charge in [-0.2, -0.15) is 0 Å². The zero-order valence-corrected chi connectivity index (χ0v) is 13.0. The van der Waals surface area contributed by atoms with Crippen molar-refractivity contribution in [1.82, 2.24) is 0 Å². The molecule has 0 saturated heterocycles. The molecule has 0 fully saturated rings. The minimum Gasteiger partial charge on any atom is -0.288 e. The van der Waals surface area contributed by atoms with Gasteiger partial charge >= 0.3 is 0 Å². The summed E-state index contributed by atoms with van der Waals surface area (Å²) in [6.07, 6.45) is 1.74. The van der Waals surface area contributed by atoms with Crippen LogP contribution in [-0.4, -0.2) is 11.6 Å². The monoisotopic (exact) mass is 290 g/mol. The Balaban J connectivity index is 2.13. The topological polar surface area (TPSA) is 34.1 Å². The number of allylic oxidation sites excluding steroid dienone is 1. The summed E-state index contributed by atoms with van der Waals surface area (Å²) in [7, 11) is 0. The number of hydrogen-bond donors (Lipinski definition) is 0. The molecule has 0 unspecified atom stereocenters. The summed E-state index contributed by atoms with van der Waals surface area (Å²) in [6, 6.07) is 14.9. The molecule has 0 spiro atoms. The first-order valence-corrected chi connectivity index (χ1v) is 7.39. The molecule has 2 heteroatoms. The van der Waals surface area contributed by atoms with Gasteiger partial charge in [0, 0.05) is 11.1 Å². The fourth-order valence-corrected chi connectivity index (χ4v) is 2.86. The lowest BCUT2D eigenvalue weighted by atomic mass is 9.83. The van der Waals surface area contributed by atoms with E-state index in [0.29, 0.717) is 11.1 Å². The van der Waals surface area contributed by atoms with E-state index in [4.69, 9.17) is 0 Å². The first kappa shape index (κ1) is 14.5. The predicted molar refractivity (Wildman–Crippen MR) is 88.2 cm³/mol. The molecule has 0 saturated carbocycles. The van der Waals surface area contributed by atoms with Gasteiger partial charge in [-0.25, -0.2) is 0 Å². The van der Waals surface area contributed by atoms with Gasteiger partial charge in [-0.1, -0.05) is 69.3 Å². The van der Waals surface area contributed by atoms with E-state index >= 15 is 0 Å². The molecule has 22 heavy (non-hydrogen) atoms. The minimum atomic E-state index is -0.177. The Hall–Kier alpha value is -2.48. The molecule has 1 aliphatic carbocycles. The van der Waals surface area contributed by atoms with E-state index < -0.39 is 0 Å². The largest absolute Gasteiger partial charge is 0.288 e. The second-order valence-electron chi connectivity index (χ2n) is 6.60. The molecule has 0 N–H and O–H groups in total. The van der Waals surface area contributed by atoms with Crippen LogP contribution in [-0.2, 0) is 5.41 Å². The molecule has 1 aliphatic rings. The van der Waals surface area contributed by atoms with Crippen molar-refractivity contribution < 1.29 is 9.59 Å². The van der Waals surface area contributed by atoms with Crippen LogP contribution in [0.25, 0.3) is 6.08 Å². The van der Waals surface area contributed by atoms with Gasteiger partial charge in [-0.05, 0) is 22.6 Å². The number of rotatable bonds is 1. The third kappa shape index (κ3) is 2.31. The number of carbonyl (C=O) groups excluding carboxylic acids is 2. The van der Waals surface area contributed by atoms with E-state index in [0.717, 1.165) is 11.1 Å². The van der Waals surface area contributed by atoms with Crippen LogP contribution in [0.5, 0.6) is 0 Å². The lowest BCUT2D eigenvalue weighted by Crippen LogP contribution is -2.13. The van der Waals surface area contributed by atoms with Crippen LogP contribution >= 0.6 is 0 Å².